The summed E-state index contributed by atoms with van der Waals surface area (Å²) in [7, 11) is -3.22. The van der Waals surface area contributed by atoms with Gasteiger partial charge < -0.3 is 4.57 Å². The Morgan fingerprint density at radius 2 is 2.12 bits per heavy atom. The minimum Gasteiger partial charge on any atom is -0.306 e. The summed E-state index contributed by atoms with van der Waals surface area (Å²) in [4.78, 5) is 4.08. The van der Waals surface area contributed by atoms with Crippen LogP contribution in [-0.4, -0.2) is 33.9 Å². The summed E-state index contributed by atoms with van der Waals surface area (Å²) >= 11 is 0. The Balaban J connectivity index is 1.84. The van der Waals surface area contributed by atoms with E-state index in [1.165, 1.54) is 0 Å². The van der Waals surface area contributed by atoms with Crippen LogP contribution in [0.3, 0.4) is 0 Å². The largest absolute Gasteiger partial charge is 0.306 e. The molecule has 0 aliphatic carbocycles. The molecule has 0 saturated carbocycles. The van der Waals surface area contributed by atoms with Crippen molar-refractivity contribution >= 4 is 10.0 Å². The molecule has 0 radical (unpaired) electrons. The number of aromatic amines is 1. The van der Waals surface area contributed by atoms with E-state index >= 15 is 0 Å². The van der Waals surface area contributed by atoms with Gasteiger partial charge in [0.1, 0.15) is 0 Å². The Kier molecular flexibility index (Phi) is 4.50. The molecule has 8 heteroatoms. The summed E-state index contributed by atoms with van der Waals surface area (Å²) in [5.74, 6) is 0.0558. The van der Waals surface area contributed by atoms with E-state index in [4.69, 9.17) is 0 Å². The number of hydrogen-bond donors (Lipinski definition) is 2. The van der Waals surface area contributed by atoms with Gasteiger partial charge in [0.05, 0.1) is 35.7 Å². The van der Waals surface area contributed by atoms with Crippen molar-refractivity contribution in [3.63, 3.8) is 0 Å². The Bertz CT molecular complexity index is 929. The minimum absolute atomic E-state index is 0.0558. The molecule has 0 amide bonds. The average molecular weight is 345 g/mol. The molecular weight excluding hydrogens is 326 g/mol. The lowest BCUT2D eigenvalue weighted by Gasteiger charge is -2.08. The van der Waals surface area contributed by atoms with Gasteiger partial charge in [-0.1, -0.05) is 12.1 Å². The van der Waals surface area contributed by atoms with Crippen molar-refractivity contribution in [1.29, 1.82) is 0 Å². The normalized spacial score (nSPS) is 11.8. The Labute approximate surface area is 140 Å². The van der Waals surface area contributed by atoms with Gasteiger partial charge >= 0.3 is 0 Å². The van der Waals surface area contributed by atoms with Crippen molar-refractivity contribution in [1.82, 2.24) is 24.5 Å². The molecule has 7 nitrogen and oxygen atoms in total. The molecule has 0 fully saturated rings. The number of H-pyrrole nitrogens is 1. The molecule has 0 bridgehead atoms. The number of benzene rings is 1. The van der Waals surface area contributed by atoms with Crippen LogP contribution in [0, 0.1) is 6.92 Å². The van der Waals surface area contributed by atoms with E-state index in [9.17, 15) is 8.42 Å². The van der Waals surface area contributed by atoms with Gasteiger partial charge in [-0.2, -0.15) is 5.10 Å². The summed E-state index contributed by atoms with van der Waals surface area (Å²) in [6, 6.07) is 7.90. The number of hydrogen-bond acceptors (Lipinski definition) is 4. The fourth-order valence-electron chi connectivity index (χ4n) is 2.34. The summed E-state index contributed by atoms with van der Waals surface area (Å²) in [6.45, 7) is 3.84. The third-order valence-electron chi connectivity index (χ3n) is 3.78. The van der Waals surface area contributed by atoms with Gasteiger partial charge in [-0.05, 0) is 31.5 Å². The van der Waals surface area contributed by atoms with Crippen LogP contribution in [0.4, 0.5) is 0 Å². The smallest absolute Gasteiger partial charge is 0.211 e. The van der Waals surface area contributed by atoms with Gasteiger partial charge in [0.15, 0.2) is 0 Å². The zero-order chi connectivity index (χ0) is 17.2. The summed E-state index contributed by atoms with van der Waals surface area (Å²) in [5, 5.41) is 7.15. The Morgan fingerprint density at radius 1 is 1.29 bits per heavy atom. The van der Waals surface area contributed by atoms with E-state index in [-0.39, 0.29) is 12.3 Å². The molecule has 2 N–H and O–H groups in total. The van der Waals surface area contributed by atoms with Gasteiger partial charge in [0, 0.05) is 18.0 Å². The van der Waals surface area contributed by atoms with E-state index in [1.54, 1.807) is 19.4 Å². The molecule has 0 aliphatic rings. The maximum Gasteiger partial charge on any atom is 0.211 e. The molecule has 24 heavy (non-hydrogen) atoms. The van der Waals surface area contributed by atoms with Crippen LogP contribution < -0.4 is 4.72 Å². The van der Waals surface area contributed by atoms with Crippen molar-refractivity contribution in [3.05, 3.63) is 54.2 Å². The van der Waals surface area contributed by atoms with Gasteiger partial charge in [0.2, 0.25) is 10.0 Å². The van der Waals surface area contributed by atoms with Crippen molar-refractivity contribution in [3.8, 4) is 16.9 Å². The fraction of sp³-hybridized carbons (Fsp3) is 0.250. The number of sulfonamides is 1. The highest BCUT2D eigenvalue weighted by Gasteiger charge is 2.10. The van der Waals surface area contributed by atoms with Crippen LogP contribution >= 0.6 is 0 Å². The second-order valence-corrected chi connectivity index (χ2v) is 7.57. The van der Waals surface area contributed by atoms with Crippen LogP contribution in [0.15, 0.2) is 43.0 Å². The molecule has 2 aromatic heterocycles. The first-order valence-corrected chi connectivity index (χ1v) is 9.24. The maximum atomic E-state index is 11.5. The molecule has 3 rings (SSSR count). The summed E-state index contributed by atoms with van der Waals surface area (Å²) < 4.78 is 27.5. The average Bonchev–Trinajstić information content (AvgIpc) is 3.25. The monoisotopic (exact) mass is 345 g/mol. The number of aromatic nitrogens is 4. The third kappa shape index (κ3) is 3.55. The quantitative estimate of drug-likeness (QED) is 0.715. The SMILES string of the molecule is CCS(=O)(=O)NCc1cc(-c2ccc(C)c(-n3ccnc3)c2)n[nH]1. The van der Waals surface area contributed by atoms with E-state index in [1.807, 2.05) is 42.0 Å². The van der Waals surface area contributed by atoms with Crippen molar-refractivity contribution in [2.75, 3.05) is 5.75 Å². The van der Waals surface area contributed by atoms with Gasteiger partial charge in [-0.25, -0.2) is 18.1 Å². The van der Waals surface area contributed by atoms with E-state index < -0.39 is 10.0 Å². The topological polar surface area (TPSA) is 92.7 Å². The van der Waals surface area contributed by atoms with E-state index in [0.717, 1.165) is 22.5 Å². The molecule has 0 atom stereocenters. The second-order valence-electron chi connectivity index (χ2n) is 5.47. The Morgan fingerprint density at radius 3 is 2.83 bits per heavy atom. The molecule has 126 valence electrons. The standard InChI is InChI=1S/C16H19N5O2S/c1-3-24(22,23)18-10-14-9-15(20-19-14)13-5-4-12(2)16(8-13)21-7-6-17-11-21/h4-9,11,18H,3,10H2,1-2H3,(H,19,20). The molecule has 0 unspecified atom stereocenters. The van der Waals surface area contributed by atoms with Crippen molar-refractivity contribution < 1.29 is 8.42 Å². The predicted octanol–water partition coefficient (Wildman–Crippen LogP) is 2.01. The highest BCUT2D eigenvalue weighted by Crippen LogP contribution is 2.23. The lowest BCUT2D eigenvalue weighted by molar-refractivity contribution is 0.581. The minimum atomic E-state index is -3.22. The van der Waals surface area contributed by atoms with Crippen LogP contribution in [-0.2, 0) is 16.6 Å². The van der Waals surface area contributed by atoms with Crippen LogP contribution in [0.5, 0.6) is 0 Å². The lowest BCUT2D eigenvalue weighted by Crippen LogP contribution is -2.24. The van der Waals surface area contributed by atoms with E-state index in [2.05, 4.69) is 19.9 Å². The lowest BCUT2D eigenvalue weighted by atomic mass is 10.1. The number of imidazole rings is 1. The highest BCUT2D eigenvalue weighted by molar-refractivity contribution is 7.89. The molecule has 1 aromatic carbocycles. The maximum absolute atomic E-state index is 11.5. The van der Waals surface area contributed by atoms with Gasteiger partial charge in [0.25, 0.3) is 0 Å². The van der Waals surface area contributed by atoms with Crippen LogP contribution in [0.25, 0.3) is 16.9 Å². The fourth-order valence-corrected chi connectivity index (χ4v) is 2.92. The first-order chi connectivity index (χ1) is 11.5. The van der Waals surface area contributed by atoms with Gasteiger partial charge in [-0.3, -0.25) is 5.10 Å². The van der Waals surface area contributed by atoms with Crippen molar-refractivity contribution in [2.24, 2.45) is 0 Å². The highest BCUT2D eigenvalue weighted by atomic mass is 32.2. The molecular formula is C16H19N5O2S. The van der Waals surface area contributed by atoms with Crippen LogP contribution in [0.2, 0.25) is 0 Å². The molecule has 0 spiro atoms. The first-order valence-electron chi connectivity index (χ1n) is 7.59. The number of aryl methyl sites for hydroxylation is 1. The third-order valence-corrected chi connectivity index (χ3v) is 5.13. The van der Waals surface area contributed by atoms with E-state index in [0.29, 0.717) is 5.69 Å². The summed E-state index contributed by atoms with van der Waals surface area (Å²) in [6.07, 6.45) is 5.38. The predicted molar refractivity (Wildman–Crippen MR) is 92.2 cm³/mol. The zero-order valence-electron chi connectivity index (χ0n) is 13.5. The first kappa shape index (κ1) is 16.4. The Hall–Kier alpha value is -2.45. The van der Waals surface area contributed by atoms with Gasteiger partial charge in [-0.15, -0.1) is 0 Å². The van der Waals surface area contributed by atoms with Crippen molar-refractivity contribution in [2.45, 2.75) is 20.4 Å². The second kappa shape index (κ2) is 6.58. The summed E-state index contributed by atoms with van der Waals surface area (Å²) in [5.41, 5.74) is 4.59. The number of nitrogens with one attached hydrogen (secondary N) is 2. The number of nitrogens with zero attached hydrogens (tertiary/aromatic N) is 3. The molecule has 2 heterocycles. The molecule has 3 aromatic rings. The van der Waals surface area contributed by atoms with Crippen LogP contribution in [0.1, 0.15) is 18.2 Å². The molecule has 0 aliphatic heterocycles. The molecule has 0 saturated heterocycles. The zero-order valence-corrected chi connectivity index (χ0v) is 14.3. The number of rotatable bonds is 6.